The molecule has 0 bridgehead atoms. The van der Waals surface area contributed by atoms with Gasteiger partial charge in [0.2, 0.25) is 5.91 Å². The average molecular weight is 575 g/mol. The van der Waals surface area contributed by atoms with Gasteiger partial charge in [0.15, 0.2) is 5.11 Å². The second-order valence-electron chi connectivity index (χ2n) is 11.8. The summed E-state index contributed by atoms with van der Waals surface area (Å²) in [5, 5.41) is 3.69. The van der Waals surface area contributed by atoms with Crippen molar-refractivity contribution in [3.05, 3.63) is 29.3 Å². The first-order valence-corrected chi connectivity index (χ1v) is 15.2. The van der Waals surface area contributed by atoms with Crippen molar-refractivity contribution in [3.8, 4) is 5.75 Å². The number of alkyl halides is 3. The lowest BCUT2D eigenvalue weighted by Crippen LogP contribution is -2.54. The van der Waals surface area contributed by atoms with Crippen LogP contribution in [-0.2, 0) is 21.3 Å². The standard InChI is InChI=1S/C27H37F3N2O4S2/c1-15(2)31-25(37)32(16(3)4)24(33)23-11-10-22-21-8-6-17-14-18(36-38(34,35)27(28,29)30)7-9-19(17)20(21)12-13-26(22,23)5/h7,9,14-16,20-23H,6,8,10-13H2,1-5H3,(H,31,37)/t20-,21-,22+,23-,26+/m1/s1. The van der Waals surface area contributed by atoms with Crippen molar-refractivity contribution in [2.75, 3.05) is 0 Å². The molecule has 1 amide bonds. The van der Waals surface area contributed by atoms with Crippen molar-refractivity contribution in [1.29, 1.82) is 0 Å². The fourth-order valence-electron chi connectivity index (χ4n) is 7.26. The number of carbonyl (C=O) groups is 1. The van der Waals surface area contributed by atoms with Crippen LogP contribution in [0.3, 0.4) is 0 Å². The number of halogens is 3. The Bertz CT molecular complexity index is 1200. The molecule has 212 valence electrons. The molecule has 2 saturated carbocycles. The molecule has 3 aliphatic carbocycles. The highest BCUT2D eigenvalue weighted by molar-refractivity contribution is 7.88. The first-order valence-electron chi connectivity index (χ1n) is 13.3. The van der Waals surface area contributed by atoms with Crippen molar-refractivity contribution in [1.82, 2.24) is 10.2 Å². The third-order valence-corrected chi connectivity index (χ3v) is 10.2. The number of aryl methyl sites for hydroxylation is 1. The van der Waals surface area contributed by atoms with E-state index in [2.05, 4.69) is 16.4 Å². The monoisotopic (exact) mass is 574 g/mol. The summed E-state index contributed by atoms with van der Waals surface area (Å²) in [5.41, 5.74) is -3.73. The predicted molar refractivity (Wildman–Crippen MR) is 143 cm³/mol. The molecule has 0 aromatic heterocycles. The molecular weight excluding hydrogens is 537 g/mol. The molecule has 0 unspecified atom stereocenters. The van der Waals surface area contributed by atoms with E-state index >= 15 is 0 Å². The second-order valence-corrected chi connectivity index (χ2v) is 13.8. The zero-order chi connectivity index (χ0) is 28.2. The summed E-state index contributed by atoms with van der Waals surface area (Å²) < 4.78 is 65.6. The summed E-state index contributed by atoms with van der Waals surface area (Å²) in [6, 6.07) is 4.56. The number of fused-ring (bicyclic) bond motifs is 5. The van der Waals surface area contributed by atoms with Crippen LogP contribution >= 0.6 is 12.2 Å². The Labute approximate surface area is 228 Å². The van der Waals surface area contributed by atoms with Gasteiger partial charge in [-0.1, -0.05) is 13.0 Å². The van der Waals surface area contributed by atoms with E-state index in [4.69, 9.17) is 12.2 Å². The number of hydrogen-bond acceptors (Lipinski definition) is 5. The maximum absolute atomic E-state index is 13.9. The summed E-state index contributed by atoms with van der Waals surface area (Å²) in [5.74, 6) is 0.594. The highest BCUT2D eigenvalue weighted by Crippen LogP contribution is 2.63. The third-order valence-electron chi connectivity index (χ3n) is 8.87. The highest BCUT2D eigenvalue weighted by atomic mass is 32.2. The van der Waals surface area contributed by atoms with Crippen molar-refractivity contribution in [2.45, 2.75) is 96.7 Å². The molecule has 5 atom stereocenters. The van der Waals surface area contributed by atoms with E-state index in [9.17, 15) is 26.4 Å². The number of nitrogens with one attached hydrogen (secondary N) is 1. The van der Waals surface area contributed by atoms with E-state index in [1.54, 1.807) is 11.0 Å². The van der Waals surface area contributed by atoms with Gasteiger partial charge in [-0.15, -0.1) is 0 Å². The van der Waals surface area contributed by atoms with Gasteiger partial charge in [-0.2, -0.15) is 21.6 Å². The van der Waals surface area contributed by atoms with Gasteiger partial charge in [0.1, 0.15) is 5.75 Å². The molecule has 6 nitrogen and oxygen atoms in total. The maximum Gasteiger partial charge on any atom is 0.534 e. The van der Waals surface area contributed by atoms with Crippen molar-refractivity contribution in [2.24, 2.45) is 23.2 Å². The van der Waals surface area contributed by atoms with Crippen LogP contribution in [0.4, 0.5) is 13.2 Å². The minimum atomic E-state index is -5.71. The molecule has 0 aliphatic heterocycles. The fourth-order valence-corrected chi connectivity index (χ4v) is 8.25. The first-order chi connectivity index (χ1) is 17.6. The second kappa shape index (κ2) is 10.3. The minimum absolute atomic E-state index is 0.0561. The van der Waals surface area contributed by atoms with Crippen LogP contribution in [0, 0.1) is 23.2 Å². The summed E-state index contributed by atoms with van der Waals surface area (Å²) in [6.45, 7) is 10.2. The smallest absolute Gasteiger partial charge is 0.376 e. The summed E-state index contributed by atoms with van der Waals surface area (Å²) in [6.07, 6.45) is 4.97. The number of nitrogens with zero attached hydrogens (tertiary/aromatic N) is 1. The van der Waals surface area contributed by atoms with E-state index in [0.29, 0.717) is 23.4 Å². The van der Waals surface area contributed by atoms with Gasteiger partial charge in [0, 0.05) is 18.0 Å². The predicted octanol–water partition coefficient (Wildman–Crippen LogP) is 5.91. The van der Waals surface area contributed by atoms with E-state index < -0.39 is 15.6 Å². The molecule has 4 rings (SSSR count). The van der Waals surface area contributed by atoms with Crippen LogP contribution in [0.1, 0.15) is 83.8 Å². The zero-order valence-corrected chi connectivity index (χ0v) is 24.1. The summed E-state index contributed by atoms with van der Waals surface area (Å²) in [7, 11) is -5.71. The van der Waals surface area contributed by atoms with Crippen LogP contribution in [0.15, 0.2) is 18.2 Å². The van der Waals surface area contributed by atoms with Crippen LogP contribution in [0.5, 0.6) is 5.75 Å². The molecule has 0 heterocycles. The lowest BCUT2D eigenvalue weighted by Gasteiger charge is -2.51. The number of rotatable bonds is 5. The highest BCUT2D eigenvalue weighted by Gasteiger charge is 2.57. The quantitative estimate of drug-likeness (QED) is 0.268. The maximum atomic E-state index is 13.9. The molecule has 0 saturated heterocycles. The summed E-state index contributed by atoms with van der Waals surface area (Å²) in [4.78, 5) is 15.6. The molecule has 0 radical (unpaired) electrons. The summed E-state index contributed by atoms with van der Waals surface area (Å²) >= 11 is 5.61. The Morgan fingerprint density at radius 3 is 2.45 bits per heavy atom. The lowest BCUT2D eigenvalue weighted by atomic mass is 9.54. The molecule has 38 heavy (non-hydrogen) atoms. The Balaban J connectivity index is 1.54. The van der Waals surface area contributed by atoms with Crippen LogP contribution < -0.4 is 9.50 Å². The van der Waals surface area contributed by atoms with Crippen LogP contribution in [-0.4, -0.2) is 41.9 Å². The number of benzene rings is 1. The van der Waals surface area contributed by atoms with Gasteiger partial charge < -0.3 is 9.50 Å². The van der Waals surface area contributed by atoms with Crippen molar-refractivity contribution in [3.63, 3.8) is 0 Å². The van der Waals surface area contributed by atoms with E-state index in [-0.39, 0.29) is 41.0 Å². The van der Waals surface area contributed by atoms with Gasteiger partial charge in [0.05, 0.1) is 0 Å². The SMILES string of the molecule is CC(C)NC(=S)N(C(=O)[C@H]1CC[C@H]2[C@@H]3CCc4cc(OS(=O)(=O)C(F)(F)F)ccc4[C@H]3CC[C@]12C)C(C)C. The fraction of sp³-hybridized carbons (Fsp3) is 0.704. The van der Waals surface area contributed by atoms with Gasteiger partial charge in [-0.3, -0.25) is 9.69 Å². The molecule has 1 N–H and O–H groups in total. The minimum Gasteiger partial charge on any atom is -0.376 e. The lowest BCUT2D eigenvalue weighted by molar-refractivity contribution is -0.138. The third kappa shape index (κ3) is 5.17. The van der Waals surface area contributed by atoms with Gasteiger partial charge >= 0.3 is 15.6 Å². The molecule has 1 aromatic rings. The topological polar surface area (TPSA) is 75.7 Å². The van der Waals surface area contributed by atoms with Gasteiger partial charge in [-0.25, -0.2) is 0 Å². The molecule has 2 fully saturated rings. The Kier molecular flexibility index (Phi) is 7.86. The molecule has 3 aliphatic rings. The van der Waals surface area contributed by atoms with E-state index in [0.717, 1.165) is 43.2 Å². The van der Waals surface area contributed by atoms with Crippen molar-refractivity contribution < 1.29 is 30.6 Å². The number of amides is 1. The molecular formula is C27H37F3N2O4S2. The average Bonchev–Trinajstić information content (AvgIpc) is 3.14. The molecule has 1 aromatic carbocycles. The number of hydrogen-bond donors (Lipinski definition) is 1. The first kappa shape index (κ1) is 29.1. The van der Waals surface area contributed by atoms with Crippen LogP contribution in [0.2, 0.25) is 0 Å². The van der Waals surface area contributed by atoms with E-state index in [1.165, 1.54) is 12.1 Å². The molecule has 0 spiro atoms. The molecule has 11 heteroatoms. The normalized spacial score (nSPS) is 28.9. The van der Waals surface area contributed by atoms with Crippen LogP contribution in [0.25, 0.3) is 0 Å². The Morgan fingerprint density at radius 2 is 1.84 bits per heavy atom. The van der Waals surface area contributed by atoms with Gasteiger partial charge in [0.25, 0.3) is 0 Å². The Morgan fingerprint density at radius 1 is 1.16 bits per heavy atom. The largest absolute Gasteiger partial charge is 0.534 e. The van der Waals surface area contributed by atoms with E-state index in [1.807, 2.05) is 27.7 Å². The zero-order valence-electron chi connectivity index (χ0n) is 22.5. The number of carbonyl (C=O) groups excluding carboxylic acids is 1. The van der Waals surface area contributed by atoms with Gasteiger partial charge in [-0.05, 0) is 125 Å². The number of thiocarbonyl (C=S) groups is 1. The van der Waals surface area contributed by atoms with Crippen molar-refractivity contribution >= 4 is 33.4 Å². The Hall–Kier alpha value is -1.88.